The van der Waals surface area contributed by atoms with Crippen molar-refractivity contribution in [1.82, 2.24) is 4.90 Å². The minimum absolute atomic E-state index is 0.367. The molecule has 0 saturated heterocycles. The topological polar surface area (TPSA) is 29.3 Å². The molecule has 0 amide bonds. The third-order valence-corrected chi connectivity index (χ3v) is 4.07. The highest BCUT2D eigenvalue weighted by molar-refractivity contribution is 5.39. The van der Waals surface area contributed by atoms with E-state index in [1.807, 2.05) is 0 Å². The maximum absolute atomic E-state index is 6.04. The molecule has 1 aromatic carbocycles. The van der Waals surface area contributed by atoms with Gasteiger partial charge in [0.05, 0.1) is 0 Å². The van der Waals surface area contributed by atoms with Gasteiger partial charge >= 0.3 is 0 Å². The molecule has 0 spiro atoms. The van der Waals surface area contributed by atoms with E-state index >= 15 is 0 Å². The summed E-state index contributed by atoms with van der Waals surface area (Å²) >= 11 is 0. The molecule has 0 bridgehead atoms. The van der Waals surface area contributed by atoms with Gasteiger partial charge in [0.2, 0.25) is 0 Å². The zero-order valence-electron chi connectivity index (χ0n) is 12.2. The van der Waals surface area contributed by atoms with Crippen molar-refractivity contribution in [2.45, 2.75) is 39.7 Å². The molecule has 18 heavy (non-hydrogen) atoms. The number of nitrogens with two attached hydrogens (primary N) is 1. The summed E-state index contributed by atoms with van der Waals surface area (Å²) in [5, 5.41) is 0. The molecule has 1 aromatic rings. The maximum Gasteiger partial charge on any atom is 0.0472 e. The predicted octanol–water partition coefficient (Wildman–Crippen LogP) is 2.95. The molecule has 1 unspecified atom stereocenters. The van der Waals surface area contributed by atoms with Gasteiger partial charge in [-0.05, 0) is 63.3 Å². The second kappa shape index (κ2) is 5.41. The van der Waals surface area contributed by atoms with Crippen molar-refractivity contribution in [3.8, 4) is 0 Å². The molecule has 100 valence electrons. The highest BCUT2D eigenvalue weighted by Crippen LogP contribution is 2.33. The van der Waals surface area contributed by atoms with Crippen LogP contribution in [0.5, 0.6) is 0 Å². The van der Waals surface area contributed by atoms with Crippen LogP contribution in [-0.4, -0.2) is 25.0 Å². The van der Waals surface area contributed by atoms with E-state index in [1.54, 1.807) is 0 Å². The molecular weight excluding hydrogens is 220 g/mol. The molecule has 2 nitrogen and oxygen atoms in total. The van der Waals surface area contributed by atoms with Crippen molar-refractivity contribution in [3.63, 3.8) is 0 Å². The van der Waals surface area contributed by atoms with Crippen molar-refractivity contribution >= 4 is 0 Å². The van der Waals surface area contributed by atoms with E-state index < -0.39 is 0 Å². The van der Waals surface area contributed by atoms with Gasteiger partial charge in [0.15, 0.2) is 0 Å². The molecule has 0 aliphatic heterocycles. The molecule has 0 radical (unpaired) electrons. The zero-order chi connectivity index (χ0) is 13.3. The fourth-order valence-corrected chi connectivity index (χ4v) is 3.07. The summed E-state index contributed by atoms with van der Waals surface area (Å²) in [6.45, 7) is 8.48. The monoisotopic (exact) mass is 246 g/mol. The van der Waals surface area contributed by atoms with Crippen molar-refractivity contribution in [3.05, 3.63) is 34.4 Å². The van der Waals surface area contributed by atoms with Gasteiger partial charge in [-0.25, -0.2) is 0 Å². The van der Waals surface area contributed by atoms with Gasteiger partial charge in [0.25, 0.3) is 0 Å². The number of hydrogen-bond acceptors (Lipinski definition) is 2. The Bertz CT molecular complexity index is 398. The van der Waals surface area contributed by atoms with Gasteiger partial charge < -0.3 is 5.73 Å². The quantitative estimate of drug-likeness (QED) is 0.865. The number of nitrogens with zero attached hydrogens (tertiary/aromatic N) is 1. The Balaban J connectivity index is 2.25. The Kier molecular flexibility index (Phi) is 4.08. The van der Waals surface area contributed by atoms with Crippen LogP contribution < -0.4 is 5.73 Å². The van der Waals surface area contributed by atoms with Gasteiger partial charge in [-0.3, -0.25) is 4.90 Å². The number of likely N-dealkylation sites (N-methyl/N-ethyl adjacent to an activating group) is 1. The summed E-state index contributed by atoms with van der Waals surface area (Å²) in [5.74, 6) is 0.912. The SMILES string of the molecule is Cc1cc(C)c(C(CN)N(C)CC2CC2)c(C)c1. The Morgan fingerprint density at radius 3 is 2.22 bits per heavy atom. The Morgan fingerprint density at radius 2 is 1.78 bits per heavy atom. The molecule has 1 aliphatic rings. The normalized spacial score (nSPS) is 17.2. The van der Waals surface area contributed by atoms with Crippen LogP contribution in [0, 0.1) is 26.7 Å². The fraction of sp³-hybridized carbons (Fsp3) is 0.625. The summed E-state index contributed by atoms with van der Waals surface area (Å²) in [6, 6.07) is 4.91. The highest BCUT2D eigenvalue weighted by atomic mass is 15.1. The first kappa shape index (κ1) is 13.6. The molecule has 2 heteroatoms. The van der Waals surface area contributed by atoms with E-state index in [0.29, 0.717) is 12.6 Å². The van der Waals surface area contributed by atoms with Crippen LogP contribution in [0.4, 0.5) is 0 Å². The Morgan fingerprint density at radius 1 is 1.22 bits per heavy atom. The third-order valence-electron chi connectivity index (χ3n) is 4.07. The predicted molar refractivity (Wildman–Crippen MR) is 77.8 cm³/mol. The fourth-order valence-electron chi connectivity index (χ4n) is 3.07. The van der Waals surface area contributed by atoms with Crippen LogP contribution in [0.25, 0.3) is 0 Å². The molecule has 0 aromatic heterocycles. The van der Waals surface area contributed by atoms with Gasteiger partial charge in [-0.15, -0.1) is 0 Å². The minimum Gasteiger partial charge on any atom is -0.329 e. The van der Waals surface area contributed by atoms with Gasteiger partial charge in [0, 0.05) is 19.1 Å². The highest BCUT2D eigenvalue weighted by Gasteiger charge is 2.27. The van der Waals surface area contributed by atoms with Crippen LogP contribution in [0.1, 0.15) is 41.1 Å². The van der Waals surface area contributed by atoms with Crippen LogP contribution in [-0.2, 0) is 0 Å². The third kappa shape index (κ3) is 2.93. The first-order valence-electron chi connectivity index (χ1n) is 7.01. The summed E-state index contributed by atoms with van der Waals surface area (Å²) < 4.78 is 0. The van der Waals surface area contributed by atoms with E-state index in [2.05, 4.69) is 44.9 Å². The molecule has 1 fully saturated rings. The van der Waals surface area contributed by atoms with E-state index in [-0.39, 0.29) is 0 Å². The van der Waals surface area contributed by atoms with Gasteiger partial charge in [-0.2, -0.15) is 0 Å². The summed E-state index contributed by atoms with van der Waals surface area (Å²) in [4.78, 5) is 2.45. The second-order valence-corrected chi connectivity index (χ2v) is 5.95. The Labute approximate surface area is 111 Å². The van der Waals surface area contributed by atoms with Crippen molar-refractivity contribution in [2.75, 3.05) is 20.1 Å². The van der Waals surface area contributed by atoms with E-state index in [9.17, 15) is 0 Å². The first-order valence-corrected chi connectivity index (χ1v) is 7.01. The Hall–Kier alpha value is -0.860. The van der Waals surface area contributed by atoms with E-state index in [1.165, 1.54) is 41.6 Å². The molecule has 1 aliphatic carbocycles. The van der Waals surface area contributed by atoms with E-state index in [0.717, 1.165) is 5.92 Å². The molecule has 2 N–H and O–H groups in total. The van der Waals surface area contributed by atoms with Crippen LogP contribution in [0.2, 0.25) is 0 Å². The first-order chi connectivity index (χ1) is 8.52. The molecule has 0 heterocycles. The number of rotatable bonds is 5. The lowest BCUT2D eigenvalue weighted by Gasteiger charge is -2.30. The van der Waals surface area contributed by atoms with Crippen molar-refractivity contribution in [1.29, 1.82) is 0 Å². The zero-order valence-corrected chi connectivity index (χ0v) is 12.2. The molecule has 2 rings (SSSR count). The lowest BCUT2D eigenvalue weighted by atomic mass is 9.93. The number of benzene rings is 1. The lowest BCUT2D eigenvalue weighted by molar-refractivity contribution is 0.239. The van der Waals surface area contributed by atoms with Crippen LogP contribution >= 0.6 is 0 Å². The van der Waals surface area contributed by atoms with Crippen LogP contribution in [0.3, 0.4) is 0 Å². The summed E-state index contributed by atoms with van der Waals surface area (Å²) in [6.07, 6.45) is 2.79. The van der Waals surface area contributed by atoms with Gasteiger partial charge in [0.1, 0.15) is 0 Å². The van der Waals surface area contributed by atoms with Gasteiger partial charge in [-0.1, -0.05) is 17.7 Å². The van der Waals surface area contributed by atoms with Crippen LogP contribution in [0.15, 0.2) is 12.1 Å². The van der Waals surface area contributed by atoms with Crippen molar-refractivity contribution < 1.29 is 0 Å². The molecule has 1 saturated carbocycles. The smallest absolute Gasteiger partial charge is 0.0472 e. The van der Waals surface area contributed by atoms with Crippen molar-refractivity contribution in [2.24, 2.45) is 11.7 Å². The second-order valence-electron chi connectivity index (χ2n) is 5.95. The maximum atomic E-state index is 6.04. The summed E-state index contributed by atoms with van der Waals surface area (Å²) in [5.41, 5.74) is 11.6. The molecular formula is C16H26N2. The minimum atomic E-state index is 0.367. The largest absolute Gasteiger partial charge is 0.329 e. The number of hydrogen-bond donors (Lipinski definition) is 1. The number of aryl methyl sites for hydroxylation is 3. The summed E-state index contributed by atoms with van der Waals surface area (Å²) in [7, 11) is 2.22. The average molecular weight is 246 g/mol. The van der Waals surface area contributed by atoms with E-state index in [4.69, 9.17) is 5.73 Å². The average Bonchev–Trinajstić information content (AvgIpc) is 3.06. The standard InChI is InChI=1S/C16H26N2/c1-11-7-12(2)16(13(3)8-11)15(9-17)18(4)10-14-5-6-14/h7-8,14-15H,5-6,9-10,17H2,1-4H3. The lowest BCUT2D eigenvalue weighted by Crippen LogP contribution is -2.33. The molecule has 1 atom stereocenters.